The Hall–Kier alpha value is -3.83. The number of hydrogen-bond acceptors (Lipinski definition) is 4. The number of nitrogens with one attached hydrogen (secondary N) is 1. The standard InChI is InChI=1S/C32H37N5/c1-5-8-10-11-24(4)31-32(36-23-35-31)26-12-13-30-27(17-26)18-29(21-34-30)28-16-25(19-33-20-28)22-37(14-7-3)15-9-6-2/h6,8-13,16-21,23H,5,7,14-15,22H2,1-4H3,(H,35,36)/b9-6-,10-8-,24-11+. The van der Waals surface area contributed by atoms with Gasteiger partial charge in [0.25, 0.3) is 0 Å². The molecule has 1 N–H and O–H groups in total. The van der Waals surface area contributed by atoms with Gasteiger partial charge in [0, 0.05) is 53.8 Å². The highest BCUT2D eigenvalue weighted by atomic mass is 15.1. The van der Waals surface area contributed by atoms with Gasteiger partial charge >= 0.3 is 0 Å². The van der Waals surface area contributed by atoms with Gasteiger partial charge in [-0.1, -0.05) is 50.3 Å². The molecule has 3 heterocycles. The first-order valence-electron chi connectivity index (χ1n) is 13.2. The Labute approximate surface area is 220 Å². The largest absolute Gasteiger partial charge is 0.344 e. The molecule has 0 unspecified atom stereocenters. The maximum absolute atomic E-state index is 4.75. The van der Waals surface area contributed by atoms with E-state index in [4.69, 9.17) is 4.98 Å². The van der Waals surface area contributed by atoms with Gasteiger partial charge in [-0.25, -0.2) is 4.98 Å². The molecule has 0 radical (unpaired) electrons. The molecule has 5 heteroatoms. The fraction of sp³-hybridized carbons (Fsp3) is 0.281. The van der Waals surface area contributed by atoms with Crippen LogP contribution in [0, 0.1) is 0 Å². The molecule has 4 rings (SSSR count). The van der Waals surface area contributed by atoms with Crippen LogP contribution in [0.5, 0.6) is 0 Å². The zero-order valence-corrected chi connectivity index (χ0v) is 22.4. The van der Waals surface area contributed by atoms with Crippen molar-refractivity contribution in [3.05, 3.63) is 96.9 Å². The second-order valence-electron chi connectivity index (χ2n) is 9.33. The van der Waals surface area contributed by atoms with Gasteiger partial charge in [0.1, 0.15) is 0 Å². The van der Waals surface area contributed by atoms with Crippen molar-refractivity contribution in [1.82, 2.24) is 24.8 Å². The minimum absolute atomic E-state index is 0.882. The molecule has 0 fully saturated rings. The summed E-state index contributed by atoms with van der Waals surface area (Å²) in [6.07, 6.45) is 20.4. The topological polar surface area (TPSA) is 57.7 Å². The van der Waals surface area contributed by atoms with Gasteiger partial charge in [0.15, 0.2) is 0 Å². The second-order valence-corrected chi connectivity index (χ2v) is 9.33. The molecule has 1 aromatic carbocycles. The lowest BCUT2D eigenvalue weighted by molar-refractivity contribution is 0.294. The van der Waals surface area contributed by atoms with Crippen molar-refractivity contribution in [2.75, 3.05) is 13.1 Å². The predicted molar refractivity (Wildman–Crippen MR) is 156 cm³/mol. The lowest BCUT2D eigenvalue weighted by Crippen LogP contribution is -2.24. The van der Waals surface area contributed by atoms with Crippen LogP contribution in [0.15, 0.2) is 85.6 Å². The summed E-state index contributed by atoms with van der Waals surface area (Å²) in [5.74, 6) is 0. The van der Waals surface area contributed by atoms with Crippen molar-refractivity contribution >= 4 is 16.5 Å². The number of nitrogens with zero attached hydrogens (tertiary/aromatic N) is 4. The average molecular weight is 492 g/mol. The van der Waals surface area contributed by atoms with Crippen LogP contribution < -0.4 is 0 Å². The fourth-order valence-corrected chi connectivity index (χ4v) is 4.48. The van der Waals surface area contributed by atoms with Crippen molar-refractivity contribution in [3.8, 4) is 22.4 Å². The third-order valence-corrected chi connectivity index (χ3v) is 6.37. The molecule has 0 spiro atoms. The van der Waals surface area contributed by atoms with Gasteiger partial charge < -0.3 is 4.98 Å². The first kappa shape index (κ1) is 26.2. The summed E-state index contributed by atoms with van der Waals surface area (Å²) < 4.78 is 0. The third kappa shape index (κ3) is 6.69. The molecule has 0 bridgehead atoms. The number of aromatic nitrogens is 4. The average Bonchev–Trinajstić information content (AvgIpc) is 3.42. The van der Waals surface area contributed by atoms with E-state index < -0.39 is 0 Å². The minimum atomic E-state index is 0.882. The molecule has 3 aromatic heterocycles. The van der Waals surface area contributed by atoms with Gasteiger partial charge in [-0.15, -0.1) is 0 Å². The summed E-state index contributed by atoms with van der Waals surface area (Å²) in [4.78, 5) is 19.7. The van der Waals surface area contributed by atoms with E-state index in [-0.39, 0.29) is 0 Å². The molecule has 4 aromatic rings. The number of fused-ring (bicyclic) bond motifs is 1. The van der Waals surface area contributed by atoms with E-state index in [1.54, 1.807) is 6.33 Å². The van der Waals surface area contributed by atoms with Gasteiger partial charge in [-0.05, 0) is 68.6 Å². The Kier molecular flexibility index (Phi) is 9.17. The lowest BCUT2D eigenvalue weighted by Gasteiger charge is -2.20. The van der Waals surface area contributed by atoms with Crippen LogP contribution in [0.3, 0.4) is 0 Å². The van der Waals surface area contributed by atoms with Gasteiger partial charge in [-0.3, -0.25) is 14.9 Å². The van der Waals surface area contributed by atoms with E-state index in [0.717, 1.165) is 77.0 Å². The molecular formula is C32H37N5. The Bertz CT molecular complexity index is 1410. The van der Waals surface area contributed by atoms with Crippen molar-refractivity contribution in [2.45, 2.75) is 47.1 Å². The summed E-state index contributed by atoms with van der Waals surface area (Å²) in [5, 5.41) is 1.09. The first-order chi connectivity index (χ1) is 18.1. The van der Waals surface area contributed by atoms with Crippen LogP contribution >= 0.6 is 0 Å². The van der Waals surface area contributed by atoms with Crippen molar-refractivity contribution in [1.29, 1.82) is 0 Å². The Balaban J connectivity index is 1.63. The third-order valence-electron chi connectivity index (χ3n) is 6.37. The summed E-state index contributed by atoms with van der Waals surface area (Å²) in [7, 11) is 0. The number of pyridine rings is 2. The van der Waals surface area contributed by atoms with E-state index in [9.17, 15) is 0 Å². The Morgan fingerprint density at radius 3 is 2.62 bits per heavy atom. The number of allylic oxidation sites excluding steroid dienone is 5. The van der Waals surface area contributed by atoms with E-state index in [1.165, 1.54) is 5.56 Å². The van der Waals surface area contributed by atoms with E-state index in [2.05, 4.69) is 108 Å². The predicted octanol–water partition coefficient (Wildman–Crippen LogP) is 7.84. The van der Waals surface area contributed by atoms with Crippen LogP contribution in [0.2, 0.25) is 0 Å². The summed E-state index contributed by atoms with van der Waals surface area (Å²) >= 11 is 0. The molecule has 0 amide bonds. The normalized spacial score (nSPS) is 12.5. The van der Waals surface area contributed by atoms with Crippen molar-refractivity contribution in [2.24, 2.45) is 0 Å². The molecule has 5 nitrogen and oxygen atoms in total. The maximum Gasteiger partial charge on any atom is 0.0932 e. The van der Waals surface area contributed by atoms with Crippen LogP contribution in [0.1, 0.15) is 51.8 Å². The van der Waals surface area contributed by atoms with Crippen LogP contribution in [0.25, 0.3) is 38.9 Å². The van der Waals surface area contributed by atoms with Crippen LogP contribution in [-0.2, 0) is 6.54 Å². The zero-order valence-electron chi connectivity index (χ0n) is 22.4. The number of H-pyrrole nitrogens is 1. The number of benzene rings is 1. The zero-order chi connectivity index (χ0) is 26.0. The number of imidazole rings is 1. The van der Waals surface area contributed by atoms with Gasteiger partial charge in [0.2, 0.25) is 0 Å². The molecule has 0 aliphatic heterocycles. The van der Waals surface area contributed by atoms with E-state index in [0.29, 0.717) is 0 Å². The highest BCUT2D eigenvalue weighted by Crippen LogP contribution is 2.30. The molecule has 190 valence electrons. The first-order valence-corrected chi connectivity index (χ1v) is 13.2. The summed E-state index contributed by atoms with van der Waals surface area (Å²) in [5.41, 5.74) is 8.55. The van der Waals surface area contributed by atoms with Gasteiger partial charge in [-0.2, -0.15) is 0 Å². The number of hydrogen-bond donors (Lipinski definition) is 1. The number of rotatable bonds is 11. The highest BCUT2D eigenvalue weighted by molar-refractivity contribution is 5.89. The molecule has 0 atom stereocenters. The smallest absolute Gasteiger partial charge is 0.0932 e. The molecule has 0 aliphatic rings. The Morgan fingerprint density at radius 2 is 1.81 bits per heavy atom. The Morgan fingerprint density at radius 1 is 0.973 bits per heavy atom. The lowest BCUT2D eigenvalue weighted by atomic mass is 10.0. The fourth-order valence-electron chi connectivity index (χ4n) is 4.48. The molecule has 0 saturated heterocycles. The quantitative estimate of drug-likeness (QED) is 0.171. The molecule has 37 heavy (non-hydrogen) atoms. The monoisotopic (exact) mass is 491 g/mol. The molecular weight excluding hydrogens is 454 g/mol. The minimum Gasteiger partial charge on any atom is -0.344 e. The maximum atomic E-state index is 4.75. The molecule has 0 aliphatic carbocycles. The van der Waals surface area contributed by atoms with E-state index in [1.807, 2.05) is 18.6 Å². The SMILES string of the molecule is C/C=C\CN(CCC)Cc1cncc(-c2cnc3ccc(-c4[nH]cnc4/C(C)=C/C=C\CC)cc3c2)c1. The van der Waals surface area contributed by atoms with Crippen LogP contribution in [0.4, 0.5) is 0 Å². The highest BCUT2D eigenvalue weighted by Gasteiger charge is 2.12. The number of aromatic amines is 1. The summed E-state index contributed by atoms with van der Waals surface area (Å²) in [6, 6.07) is 10.8. The van der Waals surface area contributed by atoms with Crippen molar-refractivity contribution < 1.29 is 0 Å². The van der Waals surface area contributed by atoms with E-state index >= 15 is 0 Å². The van der Waals surface area contributed by atoms with Gasteiger partial charge in [0.05, 0.1) is 23.2 Å². The second kappa shape index (κ2) is 12.9. The van der Waals surface area contributed by atoms with Crippen molar-refractivity contribution in [3.63, 3.8) is 0 Å². The summed E-state index contributed by atoms with van der Waals surface area (Å²) in [6.45, 7) is 11.4. The van der Waals surface area contributed by atoms with Crippen LogP contribution in [-0.4, -0.2) is 37.9 Å². The molecule has 0 saturated carbocycles.